The van der Waals surface area contributed by atoms with Gasteiger partial charge in [-0.15, -0.1) is 0 Å². The van der Waals surface area contributed by atoms with Gasteiger partial charge in [0.25, 0.3) is 5.91 Å². The second-order valence-corrected chi connectivity index (χ2v) is 7.94. The molecule has 0 saturated heterocycles. The first kappa shape index (κ1) is 21.4. The smallest absolute Gasteiger partial charge is 0.252 e. The zero-order chi connectivity index (χ0) is 20.6. The summed E-state index contributed by atoms with van der Waals surface area (Å²) >= 11 is 7.72. The van der Waals surface area contributed by atoms with Gasteiger partial charge in [-0.25, -0.2) is 14.6 Å². The van der Waals surface area contributed by atoms with Gasteiger partial charge in [0.05, 0.1) is 28.7 Å². The van der Waals surface area contributed by atoms with Crippen molar-refractivity contribution in [1.82, 2.24) is 25.1 Å². The van der Waals surface area contributed by atoms with Crippen molar-refractivity contribution in [2.75, 3.05) is 24.2 Å². The lowest BCUT2D eigenvalue weighted by Crippen LogP contribution is -2.27. The molecular weight excluding hydrogens is 408 g/mol. The maximum absolute atomic E-state index is 12.3. The van der Waals surface area contributed by atoms with Gasteiger partial charge in [0.15, 0.2) is 10.8 Å². The van der Waals surface area contributed by atoms with Crippen molar-refractivity contribution in [3.05, 3.63) is 41.0 Å². The molecular formula is C20H25ClN6OS. The second-order valence-electron chi connectivity index (χ2n) is 6.47. The molecule has 0 aliphatic carbocycles. The second kappa shape index (κ2) is 10.5. The Morgan fingerprint density at radius 1 is 1.17 bits per heavy atom. The Kier molecular flexibility index (Phi) is 7.71. The van der Waals surface area contributed by atoms with Crippen molar-refractivity contribution in [1.29, 1.82) is 0 Å². The number of carbonyl (C=O) groups excluding carboxylic acids is 1. The molecule has 0 unspecified atom stereocenters. The minimum atomic E-state index is -0.203. The number of thioether (sulfide) groups is 1. The number of aromatic nitrogens is 4. The Morgan fingerprint density at radius 2 is 2.00 bits per heavy atom. The van der Waals surface area contributed by atoms with E-state index in [1.807, 2.05) is 0 Å². The van der Waals surface area contributed by atoms with Gasteiger partial charge < -0.3 is 10.6 Å². The van der Waals surface area contributed by atoms with Crippen LogP contribution in [0.2, 0.25) is 5.02 Å². The van der Waals surface area contributed by atoms with Crippen LogP contribution in [-0.2, 0) is 6.54 Å². The Balaban J connectivity index is 1.75. The van der Waals surface area contributed by atoms with Crippen LogP contribution < -0.4 is 10.6 Å². The largest absolute Gasteiger partial charge is 0.369 e. The molecule has 1 aromatic carbocycles. The molecule has 3 aromatic rings. The van der Waals surface area contributed by atoms with Gasteiger partial charge in [0.2, 0.25) is 0 Å². The van der Waals surface area contributed by atoms with Crippen molar-refractivity contribution in [2.24, 2.45) is 0 Å². The Labute approximate surface area is 179 Å². The topological polar surface area (TPSA) is 84.7 Å². The average Bonchev–Trinajstić information content (AvgIpc) is 3.13. The molecule has 0 spiro atoms. The molecule has 0 aliphatic heterocycles. The van der Waals surface area contributed by atoms with Gasteiger partial charge in [-0.2, -0.15) is 5.10 Å². The molecule has 0 radical (unpaired) electrons. The molecule has 29 heavy (non-hydrogen) atoms. The summed E-state index contributed by atoms with van der Waals surface area (Å²) in [6.45, 7) is 6.00. The summed E-state index contributed by atoms with van der Waals surface area (Å²) in [7, 11) is 0. The van der Waals surface area contributed by atoms with Gasteiger partial charge in [-0.05, 0) is 25.0 Å². The molecule has 2 N–H and O–H groups in total. The first-order chi connectivity index (χ1) is 14.1. The van der Waals surface area contributed by atoms with E-state index in [-0.39, 0.29) is 5.91 Å². The van der Waals surface area contributed by atoms with Crippen molar-refractivity contribution < 1.29 is 4.79 Å². The number of benzene rings is 1. The molecule has 7 nitrogen and oxygen atoms in total. The minimum Gasteiger partial charge on any atom is -0.369 e. The van der Waals surface area contributed by atoms with Crippen LogP contribution in [0.1, 0.15) is 37.0 Å². The van der Waals surface area contributed by atoms with E-state index in [1.165, 1.54) is 0 Å². The lowest BCUT2D eigenvalue weighted by atomic mass is 10.2. The van der Waals surface area contributed by atoms with Crippen molar-refractivity contribution in [2.45, 2.75) is 38.4 Å². The summed E-state index contributed by atoms with van der Waals surface area (Å²) in [6.07, 6.45) is 3.83. The number of fused-ring (bicyclic) bond motifs is 1. The molecule has 2 heterocycles. The predicted octanol–water partition coefficient (Wildman–Crippen LogP) is 4.23. The van der Waals surface area contributed by atoms with Gasteiger partial charge in [0, 0.05) is 18.8 Å². The molecule has 9 heteroatoms. The zero-order valence-electron chi connectivity index (χ0n) is 16.6. The third kappa shape index (κ3) is 5.39. The summed E-state index contributed by atoms with van der Waals surface area (Å²) in [5.41, 5.74) is 1.23. The number of nitrogens with one attached hydrogen (secondary N) is 2. The number of halogens is 1. The van der Waals surface area contributed by atoms with Crippen molar-refractivity contribution in [3.63, 3.8) is 0 Å². The lowest BCUT2D eigenvalue weighted by Gasteiger charge is -2.10. The van der Waals surface area contributed by atoms with E-state index < -0.39 is 0 Å². The third-order valence-electron chi connectivity index (χ3n) is 4.18. The highest BCUT2D eigenvalue weighted by Crippen LogP contribution is 2.24. The molecule has 0 aliphatic rings. The van der Waals surface area contributed by atoms with Crippen LogP contribution in [0.3, 0.4) is 0 Å². The zero-order valence-corrected chi connectivity index (χ0v) is 18.2. The monoisotopic (exact) mass is 432 g/mol. The molecule has 0 atom stereocenters. The molecule has 1 amide bonds. The molecule has 2 aromatic heterocycles. The fourth-order valence-electron chi connectivity index (χ4n) is 2.75. The Bertz CT molecular complexity index is 977. The molecule has 0 saturated carbocycles. The van der Waals surface area contributed by atoms with Crippen LogP contribution in [0.5, 0.6) is 0 Å². The average molecular weight is 433 g/mol. The van der Waals surface area contributed by atoms with Crippen LogP contribution in [-0.4, -0.2) is 44.5 Å². The standard InChI is InChI=1S/C20H25ClN6OS/c1-3-9-22-17-15-13-24-27(18(15)26-20(25-17)29-12-4-2)11-10-23-19(28)14-7-5-6-8-16(14)21/h5-8,13H,3-4,9-12H2,1-2H3,(H,23,28)(H,22,25,26). The maximum atomic E-state index is 12.3. The van der Waals surface area contributed by atoms with Gasteiger partial charge in [0.1, 0.15) is 5.82 Å². The van der Waals surface area contributed by atoms with Gasteiger partial charge in [-0.1, -0.05) is 49.3 Å². The normalized spacial score (nSPS) is 11.0. The third-order valence-corrected chi connectivity index (χ3v) is 5.56. The molecule has 3 rings (SSSR count). The van der Waals surface area contributed by atoms with E-state index >= 15 is 0 Å². The number of anilines is 1. The number of carbonyl (C=O) groups is 1. The van der Waals surface area contributed by atoms with E-state index in [0.29, 0.717) is 23.7 Å². The number of amides is 1. The summed E-state index contributed by atoms with van der Waals surface area (Å²) in [6, 6.07) is 7.00. The first-order valence-corrected chi connectivity index (χ1v) is 11.1. The highest BCUT2D eigenvalue weighted by Gasteiger charge is 2.14. The van der Waals surface area contributed by atoms with Crippen molar-refractivity contribution >= 4 is 46.1 Å². The Hall–Kier alpha value is -2.32. The van der Waals surface area contributed by atoms with Crippen LogP contribution >= 0.6 is 23.4 Å². The molecule has 0 fully saturated rings. The van der Waals surface area contributed by atoms with Crippen LogP contribution in [0, 0.1) is 0 Å². The van der Waals surface area contributed by atoms with E-state index in [0.717, 1.165) is 47.1 Å². The number of rotatable bonds is 10. The molecule has 0 bridgehead atoms. The van der Waals surface area contributed by atoms with Gasteiger partial charge in [-0.3, -0.25) is 4.79 Å². The van der Waals surface area contributed by atoms with Crippen LogP contribution in [0.15, 0.2) is 35.6 Å². The van der Waals surface area contributed by atoms with Crippen molar-refractivity contribution in [3.8, 4) is 0 Å². The minimum absolute atomic E-state index is 0.203. The quantitative estimate of drug-likeness (QED) is 0.368. The number of hydrogen-bond acceptors (Lipinski definition) is 6. The highest BCUT2D eigenvalue weighted by atomic mass is 35.5. The van der Waals surface area contributed by atoms with Crippen LogP contribution in [0.4, 0.5) is 5.82 Å². The molecule has 154 valence electrons. The summed E-state index contributed by atoms with van der Waals surface area (Å²) in [5, 5.41) is 12.8. The summed E-state index contributed by atoms with van der Waals surface area (Å²) in [4.78, 5) is 21.7. The van der Waals surface area contributed by atoms with E-state index in [9.17, 15) is 4.79 Å². The lowest BCUT2D eigenvalue weighted by molar-refractivity contribution is 0.0952. The maximum Gasteiger partial charge on any atom is 0.252 e. The number of hydrogen-bond donors (Lipinski definition) is 2. The Morgan fingerprint density at radius 3 is 2.76 bits per heavy atom. The SMILES string of the molecule is CCCNc1nc(SCCC)nc2c1cnn2CCNC(=O)c1ccccc1Cl. The highest BCUT2D eigenvalue weighted by molar-refractivity contribution is 7.99. The van der Waals surface area contributed by atoms with E-state index in [2.05, 4.69) is 39.5 Å². The van der Waals surface area contributed by atoms with E-state index in [4.69, 9.17) is 11.6 Å². The first-order valence-electron chi connectivity index (χ1n) is 9.77. The summed E-state index contributed by atoms with van der Waals surface area (Å²) < 4.78 is 1.80. The summed E-state index contributed by atoms with van der Waals surface area (Å²) in [5.74, 6) is 1.56. The fourth-order valence-corrected chi connectivity index (χ4v) is 3.67. The number of nitrogens with zero attached hydrogens (tertiary/aromatic N) is 4. The van der Waals surface area contributed by atoms with Crippen LogP contribution in [0.25, 0.3) is 11.0 Å². The van der Waals surface area contributed by atoms with E-state index in [1.54, 1.807) is 46.9 Å². The predicted molar refractivity (Wildman–Crippen MR) is 119 cm³/mol. The van der Waals surface area contributed by atoms with Gasteiger partial charge >= 0.3 is 0 Å². The fraction of sp³-hybridized carbons (Fsp3) is 0.400.